The van der Waals surface area contributed by atoms with Crippen molar-refractivity contribution < 1.29 is 4.74 Å². The maximum atomic E-state index is 5.59. The molecule has 0 aliphatic rings. The summed E-state index contributed by atoms with van der Waals surface area (Å²) < 4.78 is 5.59. The lowest BCUT2D eigenvalue weighted by Crippen LogP contribution is -2.02. The fraction of sp³-hybridized carbons (Fsp3) is 0.286. The van der Waals surface area contributed by atoms with E-state index in [1.165, 1.54) is 5.56 Å². The minimum absolute atomic E-state index is 0.510. The van der Waals surface area contributed by atoms with Gasteiger partial charge < -0.3 is 10.5 Å². The van der Waals surface area contributed by atoms with E-state index >= 15 is 0 Å². The summed E-state index contributed by atoms with van der Waals surface area (Å²) in [6.07, 6.45) is 7.28. The Bertz CT molecular complexity index is 473. The van der Waals surface area contributed by atoms with E-state index < -0.39 is 0 Å². The zero-order valence-electron chi connectivity index (χ0n) is 10.2. The van der Waals surface area contributed by atoms with E-state index in [4.69, 9.17) is 10.5 Å². The summed E-state index contributed by atoms with van der Waals surface area (Å²) in [5.74, 6) is 0.646. The number of nitrogens with two attached hydrogens (primary N) is 1. The van der Waals surface area contributed by atoms with Gasteiger partial charge in [-0.15, -0.1) is 0 Å². The molecule has 0 saturated heterocycles. The number of nitrogens with zero attached hydrogens (tertiary/aromatic N) is 2. The molecule has 0 bridgehead atoms. The first kappa shape index (κ1) is 12.5. The Morgan fingerprint density at radius 2 is 1.83 bits per heavy atom. The van der Waals surface area contributed by atoms with Crippen LogP contribution in [0, 0.1) is 0 Å². The second-order valence-corrected chi connectivity index (χ2v) is 4.01. The number of hydrogen-bond donors (Lipinski definition) is 1. The number of aryl methyl sites for hydroxylation is 1. The van der Waals surface area contributed by atoms with E-state index in [-0.39, 0.29) is 0 Å². The summed E-state index contributed by atoms with van der Waals surface area (Å²) in [5.41, 5.74) is 7.87. The second kappa shape index (κ2) is 6.71. The zero-order chi connectivity index (χ0) is 12.6. The summed E-state index contributed by atoms with van der Waals surface area (Å²) >= 11 is 0. The highest BCUT2D eigenvalue weighted by Crippen LogP contribution is 2.09. The first-order chi connectivity index (χ1) is 8.88. The van der Waals surface area contributed by atoms with Gasteiger partial charge in [0.15, 0.2) is 0 Å². The third kappa shape index (κ3) is 3.82. The van der Waals surface area contributed by atoms with Crippen LogP contribution in [-0.4, -0.2) is 16.6 Å². The zero-order valence-corrected chi connectivity index (χ0v) is 10.2. The molecule has 2 aromatic heterocycles. The number of ether oxygens (including phenoxy) is 1. The van der Waals surface area contributed by atoms with Gasteiger partial charge in [0.1, 0.15) is 0 Å². The van der Waals surface area contributed by atoms with E-state index in [0.717, 1.165) is 18.4 Å². The van der Waals surface area contributed by atoms with Gasteiger partial charge in [-0.1, -0.05) is 0 Å². The van der Waals surface area contributed by atoms with E-state index in [9.17, 15) is 0 Å². The Morgan fingerprint density at radius 1 is 1.06 bits per heavy atom. The monoisotopic (exact) mass is 243 g/mol. The Balaban J connectivity index is 1.75. The van der Waals surface area contributed by atoms with E-state index in [2.05, 4.69) is 9.97 Å². The molecule has 18 heavy (non-hydrogen) atoms. The third-order valence-corrected chi connectivity index (χ3v) is 2.64. The summed E-state index contributed by atoms with van der Waals surface area (Å²) in [6.45, 7) is 1.17. The largest absolute Gasteiger partial charge is 0.478 e. The van der Waals surface area contributed by atoms with Crippen LogP contribution in [0.5, 0.6) is 5.88 Å². The number of hydrogen-bond acceptors (Lipinski definition) is 4. The highest BCUT2D eigenvalue weighted by Gasteiger charge is 1.98. The van der Waals surface area contributed by atoms with Crippen LogP contribution in [-0.2, 0) is 13.0 Å². The van der Waals surface area contributed by atoms with Crippen LogP contribution in [0.2, 0.25) is 0 Å². The predicted octanol–water partition coefficient (Wildman–Crippen LogP) is 1.95. The molecule has 0 atom stereocenters. The van der Waals surface area contributed by atoms with Crippen molar-refractivity contribution in [3.05, 3.63) is 54.0 Å². The van der Waals surface area contributed by atoms with Gasteiger partial charge in [-0.05, 0) is 42.2 Å². The molecule has 2 aromatic rings. The average Bonchev–Trinajstić information content (AvgIpc) is 2.45. The van der Waals surface area contributed by atoms with Gasteiger partial charge in [0.05, 0.1) is 6.61 Å². The van der Waals surface area contributed by atoms with Crippen LogP contribution < -0.4 is 10.5 Å². The Labute approximate surface area is 107 Å². The maximum absolute atomic E-state index is 5.59. The van der Waals surface area contributed by atoms with Crippen molar-refractivity contribution in [3.8, 4) is 5.88 Å². The van der Waals surface area contributed by atoms with Crippen molar-refractivity contribution in [2.24, 2.45) is 5.73 Å². The smallest absolute Gasteiger partial charge is 0.213 e. The molecule has 2 rings (SSSR count). The molecule has 4 nitrogen and oxygen atoms in total. The van der Waals surface area contributed by atoms with Crippen LogP contribution in [0.4, 0.5) is 0 Å². The van der Waals surface area contributed by atoms with Gasteiger partial charge in [0, 0.05) is 31.2 Å². The number of rotatable bonds is 6. The highest BCUT2D eigenvalue weighted by molar-refractivity contribution is 5.20. The van der Waals surface area contributed by atoms with Gasteiger partial charge in [-0.3, -0.25) is 4.98 Å². The fourth-order valence-electron chi connectivity index (χ4n) is 1.66. The van der Waals surface area contributed by atoms with Gasteiger partial charge in [-0.2, -0.15) is 0 Å². The van der Waals surface area contributed by atoms with Crippen molar-refractivity contribution in [3.63, 3.8) is 0 Å². The summed E-state index contributed by atoms with van der Waals surface area (Å²) in [4.78, 5) is 8.13. The molecule has 0 fully saturated rings. The van der Waals surface area contributed by atoms with Crippen LogP contribution in [0.1, 0.15) is 17.5 Å². The minimum Gasteiger partial charge on any atom is -0.478 e. The van der Waals surface area contributed by atoms with Crippen LogP contribution >= 0.6 is 0 Å². The molecule has 0 aliphatic carbocycles. The summed E-state index contributed by atoms with van der Waals surface area (Å²) in [5, 5.41) is 0. The first-order valence-electron chi connectivity index (χ1n) is 6.05. The number of pyridine rings is 2. The van der Waals surface area contributed by atoms with Crippen molar-refractivity contribution in [1.82, 2.24) is 9.97 Å². The minimum atomic E-state index is 0.510. The van der Waals surface area contributed by atoms with Crippen molar-refractivity contribution in [2.45, 2.75) is 19.4 Å². The van der Waals surface area contributed by atoms with Gasteiger partial charge in [-0.25, -0.2) is 4.98 Å². The molecular weight excluding hydrogens is 226 g/mol. The normalized spacial score (nSPS) is 10.3. The molecule has 0 aliphatic heterocycles. The molecule has 4 heteroatoms. The Hall–Kier alpha value is -1.94. The van der Waals surface area contributed by atoms with Crippen LogP contribution in [0.15, 0.2) is 42.9 Å². The average molecular weight is 243 g/mol. The lowest BCUT2D eigenvalue weighted by Gasteiger charge is -2.06. The van der Waals surface area contributed by atoms with E-state index in [1.54, 1.807) is 6.20 Å². The fourth-order valence-corrected chi connectivity index (χ4v) is 1.66. The molecule has 2 heterocycles. The van der Waals surface area contributed by atoms with Gasteiger partial charge >= 0.3 is 0 Å². The molecule has 0 amide bonds. The summed E-state index contributed by atoms with van der Waals surface area (Å²) in [7, 11) is 0. The molecule has 0 radical (unpaired) electrons. The standard InChI is InChI=1S/C14H17N3O/c15-11-13-5-8-17-14(10-13)18-9-1-2-12-3-6-16-7-4-12/h3-8,10H,1-2,9,11,15H2. The Kier molecular flexibility index (Phi) is 4.67. The molecular formula is C14H17N3O. The molecule has 0 spiro atoms. The third-order valence-electron chi connectivity index (χ3n) is 2.64. The van der Waals surface area contributed by atoms with Crippen LogP contribution in [0.3, 0.4) is 0 Å². The van der Waals surface area contributed by atoms with Crippen molar-refractivity contribution >= 4 is 0 Å². The maximum Gasteiger partial charge on any atom is 0.213 e. The molecule has 2 N–H and O–H groups in total. The van der Waals surface area contributed by atoms with Crippen molar-refractivity contribution in [2.75, 3.05) is 6.61 Å². The van der Waals surface area contributed by atoms with Gasteiger partial charge in [0.25, 0.3) is 0 Å². The predicted molar refractivity (Wildman–Crippen MR) is 70.2 cm³/mol. The second-order valence-electron chi connectivity index (χ2n) is 4.01. The molecule has 0 aromatic carbocycles. The SMILES string of the molecule is NCc1ccnc(OCCCc2ccncc2)c1. The Morgan fingerprint density at radius 3 is 2.61 bits per heavy atom. The molecule has 0 unspecified atom stereocenters. The first-order valence-corrected chi connectivity index (χ1v) is 6.05. The lowest BCUT2D eigenvalue weighted by atomic mass is 10.1. The highest BCUT2D eigenvalue weighted by atomic mass is 16.5. The van der Waals surface area contributed by atoms with Crippen molar-refractivity contribution in [1.29, 1.82) is 0 Å². The lowest BCUT2D eigenvalue weighted by molar-refractivity contribution is 0.299. The molecule has 0 saturated carbocycles. The van der Waals surface area contributed by atoms with E-state index in [1.807, 2.05) is 36.7 Å². The molecule has 94 valence electrons. The van der Waals surface area contributed by atoms with E-state index in [0.29, 0.717) is 19.0 Å². The summed E-state index contributed by atoms with van der Waals surface area (Å²) in [6, 6.07) is 7.82. The van der Waals surface area contributed by atoms with Gasteiger partial charge in [0.2, 0.25) is 5.88 Å². The quantitative estimate of drug-likeness (QED) is 0.788. The topological polar surface area (TPSA) is 61.0 Å². The van der Waals surface area contributed by atoms with Crippen LogP contribution in [0.25, 0.3) is 0 Å². The number of aromatic nitrogens is 2.